The van der Waals surface area contributed by atoms with E-state index in [-0.39, 0.29) is 11.6 Å². The number of hydrogen-bond donors (Lipinski definition) is 2. The molecule has 0 radical (unpaired) electrons. The van der Waals surface area contributed by atoms with Gasteiger partial charge in [0.05, 0.1) is 7.11 Å². The summed E-state index contributed by atoms with van der Waals surface area (Å²) in [4.78, 5) is 0. The molecule has 1 aromatic carbocycles. The van der Waals surface area contributed by atoms with Crippen LogP contribution in [0.5, 0.6) is 5.75 Å². The van der Waals surface area contributed by atoms with E-state index in [9.17, 15) is 4.39 Å². The quantitative estimate of drug-likeness (QED) is 0.846. The van der Waals surface area contributed by atoms with Crippen LogP contribution < -0.4 is 15.8 Å². The molecular weight excluding hydrogens is 219 g/mol. The predicted molar refractivity (Wildman–Crippen MR) is 66.8 cm³/mol. The van der Waals surface area contributed by atoms with E-state index in [0.29, 0.717) is 18.5 Å². The van der Waals surface area contributed by atoms with Gasteiger partial charge < -0.3 is 15.8 Å². The minimum atomic E-state index is -0.333. The maximum atomic E-state index is 13.3. The number of hydrogen-bond acceptors (Lipinski definition) is 3. The molecule has 0 bridgehead atoms. The Bertz CT molecular complexity index is 384. The standard InChI is InChI=1S/C13H19FN2O/c1-17-13-7-10(5-6-11(13)14)16-12-4-2-3-9(12)8-15/h5-7,9,12,16H,2-4,8,15H2,1H3. The summed E-state index contributed by atoms with van der Waals surface area (Å²) >= 11 is 0. The largest absolute Gasteiger partial charge is 0.494 e. The molecule has 3 nitrogen and oxygen atoms in total. The molecule has 2 atom stereocenters. The second-order valence-corrected chi connectivity index (χ2v) is 4.53. The first-order valence-corrected chi connectivity index (χ1v) is 6.04. The van der Waals surface area contributed by atoms with Gasteiger partial charge in [0.2, 0.25) is 0 Å². The van der Waals surface area contributed by atoms with Gasteiger partial charge in [-0.25, -0.2) is 4.39 Å². The highest BCUT2D eigenvalue weighted by Gasteiger charge is 2.25. The summed E-state index contributed by atoms with van der Waals surface area (Å²) in [6, 6.07) is 5.26. The number of methoxy groups -OCH3 is 1. The van der Waals surface area contributed by atoms with E-state index in [1.54, 1.807) is 12.1 Å². The van der Waals surface area contributed by atoms with Crippen LogP contribution in [-0.2, 0) is 0 Å². The predicted octanol–water partition coefficient (Wildman–Crippen LogP) is 2.37. The van der Waals surface area contributed by atoms with Gasteiger partial charge in [0.15, 0.2) is 11.6 Å². The van der Waals surface area contributed by atoms with E-state index in [2.05, 4.69) is 5.32 Å². The number of rotatable bonds is 4. The number of nitrogens with two attached hydrogens (primary N) is 1. The zero-order valence-corrected chi connectivity index (χ0v) is 10.1. The highest BCUT2D eigenvalue weighted by Crippen LogP contribution is 2.29. The minimum absolute atomic E-state index is 0.275. The van der Waals surface area contributed by atoms with Crippen molar-refractivity contribution in [2.24, 2.45) is 11.7 Å². The lowest BCUT2D eigenvalue weighted by atomic mass is 10.0. The molecule has 4 heteroatoms. The molecular formula is C13H19FN2O. The average molecular weight is 238 g/mol. The second kappa shape index (κ2) is 5.36. The molecule has 94 valence electrons. The Labute approximate surface area is 101 Å². The molecule has 1 fully saturated rings. The normalized spacial score (nSPS) is 23.7. The molecule has 17 heavy (non-hydrogen) atoms. The van der Waals surface area contributed by atoms with Gasteiger partial charge in [-0.15, -0.1) is 0 Å². The lowest BCUT2D eigenvalue weighted by Gasteiger charge is -2.21. The molecule has 1 aromatic rings. The fourth-order valence-corrected chi connectivity index (χ4v) is 2.47. The third-order valence-corrected chi connectivity index (χ3v) is 3.47. The zero-order valence-electron chi connectivity index (χ0n) is 10.1. The molecule has 0 saturated heterocycles. The van der Waals surface area contributed by atoms with Crippen LogP contribution >= 0.6 is 0 Å². The summed E-state index contributed by atoms with van der Waals surface area (Å²) < 4.78 is 18.2. The smallest absolute Gasteiger partial charge is 0.165 e. The van der Waals surface area contributed by atoms with Gasteiger partial charge in [0, 0.05) is 17.8 Å². The van der Waals surface area contributed by atoms with Crippen LogP contribution in [0.4, 0.5) is 10.1 Å². The first-order valence-electron chi connectivity index (χ1n) is 6.04. The maximum absolute atomic E-state index is 13.3. The summed E-state index contributed by atoms with van der Waals surface area (Å²) in [7, 11) is 1.47. The van der Waals surface area contributed by atoms with Gasteiger partial charge in [-0.1, -0.05) is 6.42 Å². The van der Waals surface area contributed by atoms with Crippen molar-refractivity contribution in [2.45, 2.75) is 25.3 Å². The van der Waals surface area contributed by atoms with Crippen molar-refractivity contribution in [1.82, 2.24) is 0 Å². The number of halogens is 1. The summed E-state index contributed by atoms with van der Waals surface area (Å²) in [5.41, 5.74) is 6.63. The Morgan fingerprint density at radius 3 is 3.00 bits per heavy atom. The highest BCUT2D eigenvalue weighted by atomic mass is 19.1. The van der Waals surface area contributed by atoms with E-state index in [0.717, 1.165) is 12.1 Å². The fourth-order valence-electron chi connectivity index (χ4n) is 2.47. The van der Waals surface area contributed by atoms with Crippen molar-refractivity contribution in [1.29, 1.82) is 0 Å². The highest BCUT2D eigenvalue weighted by molar-refractivity contribution is 5.49. The van der Waals surface area contributed by atoms with Crippen molar-refractivity contribution in [3.63, 3.8) is 0 Å². The Kier molecular flexibility index (Phi) is 3.84. The third kappa shape index (κ3) is 2.69. The lowest BCUT2D eigenvalue weighted by molar-refractivity contribution is 0.386. The van der Waals surface area contributed by atoms with Gasteiger partial charge >= 0.3 is 0 Å². The Balaban J connectivity index is 2.08. The second-order valence-electron chi connectivity index (χ2n) is 4.53. The lowest BCUT2D eigenvalue weighted by Crippen LogP contribution is -2.29. The summed E-state index contributed by atoms with van der Waals surface area (Å²) in [5, 5.41) is 3.42. The van der Waals surface area contributed by atoms with Crippen LogP contribution in [0.25, 0.3) is 0 Å². The average Bonchev–Trinajstić information content (AvgIpc) is 2.79. The van der Waals surface area contributed by atoms with Crippen LogP contribution in [0.3, 0.4) is 0 Å². The molecule has 0 spiro atoms. The van der Waals surface area contributed by atoms with Crippen LogP contribution in [0, 0.1) is 11.7 Å². The number of benzene rings is 1. The molecule has 1 saturated carbocycles. The Morgan fingerprint density at radius 2 is 2.29 bits per heavy atom. The van der Waals surface area contributed by atoms with Crippen LogP contribution in [-0.4, -0.2) is 19.7 Å². The molecule has 1 aliphatic rings. The van der Waals surface area contributed by atoms with E-state index in [1.165, 1.54) is 26.0 Å². The van der Waals surface area contributed by atoms with Crippen LogP contribution in [0.2, 0.25) is 0 Å². The topological polar surface area (TPSA) is 47.3 Å². The third-order valence-electron chi connectivity index (χ3n) is 3.47. The molecule has 0 heterocycles. The molecule has 2 rings (SSSR count). The van der Waals surface area contributed by atoms with E-state index >= 15 is 0 Å². The van der Waals surface area contributed by atoms with E-state index in [4.69, 9.17) is 10.5 Å². The molecule has 2 unspecified atom stereocenters. The summed E-state index contributed by atoms with van der Waals surface area (Å²) in [6.07, 6.45) is 3.51. The van der Waals surface area contributed by atoms with Gasteiger partial charge in [-0.05, 0) is 37.4 Å². The molecule has 1 aliphatic carbocycles. The van der Waals surface area contributed by atoms with Crippen molar-refractivity contribution < 1.29 is 9.13 Å². The minimum Gasteiger partial charge on any atom is -0.494 e. The van der Waals surface area contributed by atoms with Crippen molar-refractivity contribution in [3.8, 4) is 5.75 Å². The summed E-state index contributed by atoms with van der Waals surface area (Å²) in [6.45, 7) is 0.704. The van der Waals surface area contributed by atoms with Crippen LogP contribution in [0.1, 0.15) is 19.3 Å². The monoisotopic (exact) mass is 238 g/mol. The zero-order chi connectivity index (χ0) is 12.3. The van der Waals surface area contributed by atoms with Gasteiger partial charge in [-0.3, -0.25) is 0 Å². The molecule has 0 aliphatic heterocycles. The van der Waals surface area contributed by atoms with Gasteiger partial charge in [-0.2, -0.15) is 0 Å². The fraction of sp³-hybridized carbons (Fsp3) is 0.538. The Morgan fingerprint density at radius 1 is 1.47 bits per heavy atom. The van der Waals surface area contributed by atoms with Crippen molar-refractivity contribution in [3.05, 3.63) is 24.0 Å². The van der Waals surface area contributed by atoms with Gasteiger partial charge in [0.1, 0.15) is 0 Å². The maximum Gasteiger partial charge on any atom is 0.165 e. The van der Waals surface area contributed by atoms with Crippen molar-refractivity contribution >= 4 is 5.69 Å². The number of nitrogens with one attached hydrogen (secondary N) is 1. The molecule has 3 N–H and O–H groups in total. The van der Waals surface area contributed by atoms with Crippen LogP contribution in [0.15, 0.2) is 18.2 Å². The number of ether oxygens (including phenoxy) is 1. The van der Waals surface area contributed by atoms with Gasteiger partial charge in [0.25, 0.3) is 0 Å². The SMILES string of the molecule is COc1cc(NC2CCCC2CN)ccc1F. The first-order chi connectivity index (χ1) is 8.24. The van der Waals surface area contributed by atoms with E-state index < -0.39 is 0 Å². The summed E-state index contributed by atoms with van der Waals surface area (Å²) in [5.74, 6) is 0.461. The molecule has 0 amide bonds. The molecule has 0 aromatic heterocycles. The Hall–Kier alpha value is -1.29. The van der Waals surface area contributed by atoms with Crippen molar-refractivity contribution in [2.75, 3.05) is 19.0 Å². The first kappa shape index (κ1) is 12.2. The number of anilines is 1. The van der Waals surface area contributed by atoms with E-state index in [1.807, 2.05) is 0 Å².